The van der Waals surface area contributed by atoms with Crippen LogP contribution in [0.3, 0.4) is 0 Å². The van der Waals surface area contributed by atoms with Crippen molar-refractivity contribution < 1.29 is 9.13 Å². The lowest BCUT2D eigenvalue weighted by molar-refractivity contribution is 0.351. The lowest BCUT2D eigenvalue weighted by atomic mass is 9.96. The van der Waals surface area contributed by atoms with Crippen LogP contribution < -0.4 is 10.5 Å². The van der Waals surface area contributed by atoms with E-state index in [1.54, 1.807) is 12.1 Å². The molecular formula is C16H14BrClFNO. The summed E-state index contributed by atoms with van der Waals surface area (Å²) in [5, 5.41) is 0.401. The van der Waals surface area contributed by atoms with Crippen molar-refractivity contribution in [2.24, 2.45) is 5.73 Å². The van der Waals surface area contributed by atoms with E-state index in [9.17, 15) is 4.39 Å². The molecule has 1 unspecified atom stereocenters. The standard InChI is InChI=1S/C16H14BrClFNO/c17-10-6-9-4-5-21-16(9)12(7-10)15(20)8-11-13(18)2-1-3-14(11)19/h1-3,6-7,15H,4-5,8,20H2. The minimum Gasteiger partial charge on any atom is -0.493 e. The van der Waals surface area contributed by atoms with E-state index in [4.69, 9.17) is 22.1 Å². The summed E-state index contributed by atoms with van der Waals surface area (Å²) in [6, 6.07) is 8.26. The minimum atomic E-state index is -0.372. The Labute approximate surface area is 136 Å². The fraction of sp³-hybridized carbons (Fsp3) is 0.250. The molecule has 0 aliphatic carbocycles. The highest BCUT2D eigenvalue weighted by atomic mass is 79.9. The first-order valence-electron chi connectivity index (χ1n) is 6.70. The lowest BCUT2D eigenvalue weighted by Gasteiger charge is -2.17. The number of halogens is 3. The summed E-state index contributed by atoms with van der Waals surface area (Å²) in [5.41, 5.74) is 8.74. The lowest BCUT2D eigenvalue weighted by Crippen LogP contribution is -2.15. The predicted molar refractivity (Wildman–Crippen MR) is 85.4 cm³/mol. The summed E-state index contributed by atoms with van der Waals surface area (Å²) in [6.45, 7) is 0.659. The van der Waals surface area contributed by atoms with Gasteiger partial charge in [-0.15, -0.1) is 0 Å². The fourth-order valence-corrected chi connectivity index (χ4v) is 3.39. The second kappa shape index (κ2) is 5.95. The van der Waals surface area contributed by atoms with Gasteiger partial charge in [0, 0.05) is 33.1 Å². The molecule has 0 saturated heterocycles. The van der Waals surface area contributed by atoms with E-state index >= 15 is 0 Å². The summed E-state index contributed by atoms with van der Waals surface area (Å²) in [7, 11) is 0. The van der Waals surface area contributed by atoms with E-state index in [0.717, 1.165) is 27.8 Å². The summed E-state index contributed by atoms with van der Waals surface area (Å²) < 4.78 is 20.5. The van der Waals surface area contributed by atoms with Crippen molar-refractivity contribution in [1.82, 2.24) is 0 Å². The van der Waals surface area contributed by atoms with E-state index in [1.165, 1.54) is 6.07 Å². The average molecular weight is 371 g/mol. The molecule has 0 bridgehead atoms. The molecule has 2 nitrogen and oxygen atoms in total. The fourth-order valence-electron chi connectivity index (χ4n) is 2.63. The highest BCUT2D eigenvalue weighted by molar-refractivity contribution is 9.10. The SMILES string of the molecule is NC(Cc1c(F)cccc1Cl)c1cc(Br)cc2c1OCC2. The third-order valence-electron chi connectivity index (χ3n) is 3.66. The maximum atomic E-state index is 13.9. The van der Waals surface area contributed by atoms with Crippen LogP contribution in [0.4, 0.5) is 4.39 Å². The molecule has 3 rings (SSSR count). The van der Waals surface area contributed by atoms with Crippen molar-refractivity contribution in [3.05, 3.63) is 62.3 Å². The topological polar surface area (TPSA) is 35.2 Å². The average Bonchev–Trinajstić information content (AvgIpc) is 2.90. The van der Waals surface area contributed by atoms with E-state index in [1.807, 2.05) is 12.1 Å². The van der Waals surface area contributed by atoms with Gasteiger partial charge in [-0.3, -0.25) is 0 Å². The largest absolute Gasteiger partial charge is 0.493 e. The minimum absolute atomic E-state index is 0.328. The molecule has 0 amide bonds. The molecule has 0 spiro atoms. The third kappa shape index (κ3) is 2.93. The van der Waals surface area contributed by atoms with Crippen LogP contribution in [-0.2, 0) is 12.8 Å². The van der Waals surface area contributed by atoms with Crippen molar-refractivity contribution in [1.29, 1.82) is 0 Å². The van der Waals surface area contributed by atoms with Crippen molar-refractivity contribution in [3.63, 3.8) is 0 Å². The molecule has 110 valence electrons. The summed E-state index contributed by atoms with van der Waals surface area (Å²) >= 11 is 9.56. The van der Waals surface area contributed by atoms with Gasteiger partial charge in [0.1, 0.15) is 11.6 Å². The van der Waals surface area contributed by atoms with Crippen LogP contribution in [0.15, 0.2) is 34.8 Å². The van der Waals surface area contributed by atoms with Crippen LogP contribution >= 0.6 is 27.5 Å². The normalized spacial score (nSPS) is 14.7. The summed E-state index contributed by atoms with van der Waals surface area (Å²) in [5.74, 6) is 0.503. The first-order chi connectivity index (χ1) is 10.1. The van der Waals surface area contributed by atoms with Crippen molar-refractivity contribution in [3.8, 4) is 5.75 Å². The molecule has 1 aliphatic heterocycles. The van der Waals surface area contributed by atoms with Crippen LogP contribution in [0, 0.1) is 5.82 Å². The van der Waals surface area contributed by atoms with Gasteiger partial charge in [-0.1, -0.05) is 33.6 Å². The van der Waals surface area contributed by atoms with Crippen molar-refractivity contribution >= 4 is 27.5 Å². The molecule has 1 heterocycles. The molecule has 2 N–H and O–H groups in total. The number of ether oxygens (including phenoxy) is 1. The van der Waals surface area contributed by atoms with Gasteiger partial charge in [-0.05, 0) is 36.2 Å². The highest BCUT2D eigenvalue weighted by Crippen LogP contribution is 2.37. The van der Waals surface area contributed by atoms with Crippen molar-refractivity contribution in [2.75, 3.05) is 6.61 Å². The summed E-state index contributed by atoms with van der Waals surface area (Å²) in [4.78, 5) is 0. The third-order valence-corrected chi connectivity index (χ3v) is 4.47. The first kappa shape index (κ1) is 14.8. The number of fused-ring (bicyclic) bond motifs is 1. The molecule has 0 fully saturated rings. The van der Waals surface area contributed by atoms with Gasteiger partial charge < -0.3 is 10.5 Å². The summed E-state index contributed by atoms with van der Waals surface area (Å²) in [6.07, 6.45) is 1.20. The van der Waals surface area contributed by atoms with Crippen molar-refractivity contribution in [2.45, 2.75) is 18.9 Å². The maximum Gasteiger partial charge on any atom is 0.127 e. The Morgan fingerprint density at radius 1 is 1.38 bits per heavy atom. The Kier molecular flexibility index (Phi) is 4.20. The number of rotatable bonds is 3. The molecule has 2 aromatic rings. The molecular weight excluding hydrogens is 357 g/mol. The molecule has 0 aromatic heterocycles. The molecule has 1 atom stereocenters. The van der Waals surface area contributed by atoms with Crippen LogP contribution in [0.2, 0.25) is 5.02 Å². The number of hydrogen-bond acceptors (Lipinski definition) is 2. The number of benzene rings is 2. The zero-order valence-corrected chi connectivity index (χ0v) is 13.5. The second-order valence-corrected chi connectivity index (χ2v) is 6.42. The van der Waals surface area contributed by atoms with Gasteiger partial charge in [-0.2, -0.15) is 0 Å². The van der Waals surface area contributed by atoms with E-state index < -0.39 is 0 Å². The Morgan fingerprint density at radius 3 is 2.95 bits per heavy atom. The predicted octanol–water partition coefficient (Wildman–Crippen LogP) is 4.42. The maximum absolute atomic E-state index is 13.9. The Balaban J connectivity index is 1.95. The Hall–Kier alpha value is -1.10. The second-order valence-electron chi connectivity index (χ2n) is 5.09. The van der Waals surface area contributed by atoms with Crippen LogP contribution in [-0.4, -0.2) is 6.61 Å². The van der Waals surface area contributed by atoms with Gasteiger partial charge in [0.05, 0.1) is 6.61 Å². The molecule has 0 saturated carbocycles. The van der Waals surface area contributed by atoms with Gasteiger partial charge >= 0.3 is 0 Å². The molecule has 0 radical (unpaired) electrons. The van der Waals surface area contributed by atoms with Crippen LogP contribution in [0.1, 0.15) is 22.7 Å². The number of hydrogen-bond donors (Lipinski definition) is 1. The number of nitrogens with two attached hydrogens (primary N) is 1. The quantitative estimate of drug-likeness (QED) is 0.868. The highest BCUT2D eigenvalue weighted by Gasteiger charge is 2.22. The van der Waals surface area contributed by atoms with Crippen LogP contribution in [0.25, 0.3) is 0 Å². The zero-order valence-electron chi connectivity index (χ0n) is 11.2. The Bertz CT molecular complexity index is 672. The molecule has 5 heteroatoms. The van der Waals surface area contributed by atoms with Gasteiger partial charge in [0.15, 0.2) is 0 Å². The molecule has 1 aliphatic rings. The molecule has 2 aromatic carbocycles. The Morgan fingerprint density at radius 2 is 2.19 bits per heavy atom. The van der Waals surface area contributed by atoms with Gasteiger partial charge in [-0.25, -0.2) is 4.39 Å². The van der Waals surface area contributed by atoms with E-state index in [2.05, 4.69) is 15.9 Å². The smallest absolute Gasteiger partial charge is 0.127 e. The first-order valence-corrected chi connectivity index (χ1v) is 7.87. The van der Waals surface area contributed by atoms with E-state index in [0.29, 0.717) is 23.6 Å². The van der Waals surface area contributed by atoms with Gasteiger partial charge in [0.25, 0.3) is 0 Å². The van der Waals surface area contributed by atoms with E-state index in [-0.39, 0.29) is 11.9 Å². The monoisotopic (exact) mass is 369 g/mol. The van der Waals surface area contributed by atoms with Gasteiger partial charge in [0.2, 0.25) is 0 Å². The van der Waals surface area contributed by atoms with Crippen LogP contribution in [0.5, 0.6) is 5.75 Å². The zero-order chi connectivity index (χ0) is 15.0. The molecule has 21 heavy (non-hydrogen) atoms.